The second-order valence-electron chi connectivity index (χ2n) is 16.6. The van der Waals surface area contributed by atoms with E-state index in [9.17, 15) is 33.6 Å². The van der Waals surface area contributed by atoms with Crippen molar-refractivity contribution >= 4 is 58.4 Å². The van der Waals surface area contributed by atoms with Crippen LogP contribution in [-0.4, -0.2) is 171 Å². The van der Waals surface area contributed by atoms with Crippen LogP contribution < -0.4 is 37.1 Å². The molecule has 4 heterocycles. The third-order valence-corrected chi connectivity index (χ3v) is 11.9. The molecule has 25 nitrogen and oxygen atoms in total. The number of rotatable bonds is 30. The van der Waals surface area contributed by atoms with E-state index in [0.717, 1.165) is 4.90 Å². The fourth-order valence-electron chi connectivity index (χ4n) is 7.93. The molecule has 3 aliphatic rings. The van der Waals surface area contributed by atoms with Crippen molar-refractivity contribution < 1.29 is 62.0 Å². The molecule has 2 aliphatic heterocycles. The molecule has 4 aromatic rings. The molecule has 25 heteroatoms. The zero-order valence-electron chi connectivity index (χ0n) is 40.0. The van der Waals surface area contributed by atoms with Gasteiger partial charge in [-0.15, -0.1) is 5.10 Å². The number of fused-ring (bicyclic) bond motifs is 1. The van der Waals surface area contributed by atoms with E-state index in [4.69, 9.17) is 34.2 Å². The van der Waals surface area contributed by atoms with Gasteiger partial charge in [-0.05, 0) is 49.6 Å². The maximum absolute atomic E-state index is 13.2. The molecule has 1 unspecified atom stereocenters. The van der Waals surface area contributed by atoms with Gasteiger partial charge in [-0.3, -0.25) is 48.5 Å². The summed E-state index contributed by atoms with van der Waals surface area (Å²) in [6.07, 6.45) is 2.93. The van der Waals surface area contributed by atoms with Crippen molar-refractivity contribution in [2.24, 2.45) is 5.73 Å². The Hall–Kier alpha value is -7.45. The minimum atomic E-state index is -1.03. The van der Waals surface area contributed by atoms with Gasteiger partial charge in [-0.1, -0.05) is 12.1 Å². The van der Waals surface area contributed by atoms with E-state index in [0.29, 0.717) is 132 Å². The van der Waals surface area contributed by atoms with Crippen molar-refractivity contribution in [3.8, 4) is 17.1 Å². The maximum Gasteiger partial charge on any atom is 0.273 e. The lowest BCUT2D eigenvalue weighted by atomic mass is 10.0. The Kier molecular flexibility index (Phi) is 18.3. The summed E-state index contributed by atoms with van der Waals surface area (Å²) < 4.78 is 35.1. The normalized spacial score (nSPS) is 15.8. The molecule has 1 aliphatic carbocycles. The number of carbonyl (C=O) groups excluding carboxylic acids is 7. The number of nitrogens with one attached hydrogen (secondary N) is 5. The minimum absolute atomic E-state index is 0.0181. The summed E-state index contributed by atoms with van der Waals surface area (Å²) in [5.74, 6) is -2.64. The van der Waals surface area contributed by atoms with Gasteiger partial charge in [0.15, 0.2) is 17.3 Å². The molecule has 2 fully saturated rings. The Labute approximate surface area is 413 Å². The summed E-state index contributed by atoms with van der Waals surface area (Å²) in [6.45, 7) is 4.34. The number of hydrogen-bond donors (Lipinski definition) is 6. The number of benzene rings is 2. The first-order chi connectivity index (χ1) is 34.9. The first-order valence-electron chi connectivity index (χ1n) is 23.4. The van der Waals surface area contributed by atoms with Gasteiger partial charge in [0.2, 0.25) is 23.6 Å². The number of piperidine rings is 1. The van der Waals surface area contributed by atoms with E-state index in [1.807, 2.05) is 0 Å². The largest absolute Gasteiger partial charge is 0.494 e. The molecule has 1 saturated carbocycles. The highest BCUT2D eigenvalue weighted by atomic mass is 16.6. The molecule has 384 valence electrons. The monoisotopic (exact) mass is 998 g/mol. The van der Waals surface area contributed by atoms with Crippen LogP contribution in [0.4, 0.5) is 17.1 Å². The number of nitrogens with two attached hydrogens (primary N) is 1. The van der Waals surface area contributed by atoms with Crippen LogP contribution in [0.3, 0.4) is 0 Å². The second kappa shape index (κ2) is 25.1. The van der Waals surface area contributed by atoms with Crippen molar-refractivity contribution in [1.29, 1.82) is 0 Å². The Balaban J connectivity index is 0.694. The number of amides is 7. The average Bonchev–Trinajstić information content (AvgIpc) is 4.00. The lowest BCUT2D eigenvalue weighted by molar-refractivity contribution is -0.136. The predicted molar refractivity (Wildman–Crippen MR) is 254 cm³/mol. The van der Waals surface area contributed by atoms with Gasteiger partial charge in [-0.25, -0.2) is 4.98 Å². The van der Waals surface area contributed by atoms with Gasteiger partial charge in [-0.2, -0.15) is 10.2 Å². The van der Waals surface area contributed by atoms with E-state index >= 15 is 0 Å². The van der Waals surface area contributed by atoms with Gasteiger partial charge in [0.25, 0.3) is 17.7 Å². The lowest BCUT2D eigenvalue weighted by Crippen LogP contribution is -2.54. The van der Waals surface area contributed by atoms with Crippen LogP contribution >= 0.6 is 0 Å². The van der Waals surface area contributed by atoms with Crippen molar-refractivity contribution in [2.75, 3.05) is 104 Å². The summed E-state index contributed by atoms with van der Waals surface area (Å²) in [5, 5.41) is 26.8. The molecule has 0 bridgehead atoms. The Morgan fingerprint density at radius 3 is 2.10 bits per heavy atom. The molecule has 72 heavy (non-hydrogen) atoms. The number of nitrogens with zero attached hydrogens (tertiary/aromatic N) is 6. The standard InChI is InChI=1S/C47H58N12O13/c1-49-43(63)39-33(27-35(55-56-39)47(12-13-47)46(48)66)53-32-8-4-6-30(40(32)67-2)41-52-28-58(57-41)16-14-51-36(60)11-17-68-19-21-70-23-25-72-26-24-71-22-20-69-18-15-50-31-7-3-5-29-38(31)45(65)59(44(29)64)34-9-10-37(61)54-42(34)62/h3-8,27-28,34,50H,9-26H2,1-2H3,(H2,48,66)(H,49,63)(H,51,60)(H,53,55)(H,54,61,62). The molecule has 7 amide bonds. The molecule has 0 radical (unpaired) electrons. The summed E-state index contributed by atoms with van der Waals surface area (Å²) in [6, 6.07) is 10.8. The van der Waals surface area contributed by atoms with Crippen LogP contribution in [0.5, 0.6) is 5.75 Å². The van der Waals surface area contributed by atoms with E-state index in [1.54, 1.807) is 47.4 Å². The van der Waals surface area contributed by atoms with Crippen LogP contribution in [-0.2, 0) is 54.8 Å². The van der Waals surface area contributed by atoms with Crippen molar-refractivity contribution in [2.45, 2.75) is 50.1 Å². The van der Waals surface area contributed by atoms with Crippen molar-refractivity contribution in [1.82, 2.24) is 45.8 Å². The molecule has 7 rings (SSSR count). The van der Waals surface area contributed by atoms with Gasteiger partial charge in [0.05, 0.1) is 119 Å². The molecule has 7 N–H and O–H groups in total. The number of ether oxygens (including phenoxy) is 6. The highest BCUT2D eigenvalue weighted by molar-refractivity contribution is 6.25. The van der Waals surface area contributed by atoms with Crippen LogP contribution in [0.25, 0.3) is 11.4 Å². The molecule has 1 saturated heterocycles. The minimum Gasteiger partial charge on any atom is -0.494 e. The van der Waals surface area contributed by atoms with Crippen LogP contribution in [0.15, 0.2) is 48.8 Å². The third-order valence-electron chi connectivity index (χ3n) is 11.9. The summed E-state index contributed by atoms with van der Waals surface area (Å²) in [7, 11) is 2.97. The van der Waals surface area contributed by atoms with Gasteiger partial charge >= 0.3 is 0 Å². The number of aromatic nitrogens is 5. The number of anilines is 3. The number of hydrogen-bond acceptors (Lipinski definition) is 19. The first kappa shape index (κ1) is 52.4. The van der Waals surface area contributed by atoms with E-state index < -0.39 is 46.9 Å². The van der Waals surface area contributed by atoms with Crippen molar-refractivity contribution in [3.63, 3.8) is 0 Å². The summed E-state index contributed by atoms with van der Waals surface area (Å²) >= 11 is 0. The quantitative estimate of drug-likeness (QED) is 0.0305. The van der Waals surface area contributed by atoms with Gasteiger partial charge in [0.1, 0.15) is 12.4 Å². The lowest BCUT2D eigenvalue weighted by Gasteiger charge is -2.27. The SMILES string of the molecule is CNC(=O)c1nnc(C2(C(N)=O)CC2)cc1Nc1cccc(-c2ncn(CCNC(=O)CCOCCOCCOCCOCCOCCNc3cccc4c3C(=O)N(C3CCC(=O)NC3=O)C4=O)n2)c1OC. The van der Waals surface area contributed by atoms with Gasteiger partial charge < -0.3 is 55.4 Å². The van der Waals surface area contributed by atoms with Crippen LogP contribution in [0.2, 0.25) is 0 Å². The molecule has 2 aromatic carbocycles. The highest BCUT2D eigenvalue weighted by Gasteiger charge is 2.52. The first-order valence-corrected chi connectivity index (χ1v) is 23.4. The fraction of sp³-hybridized carbons (Fsp3) is 0.468. The van der Waals surface area contributed by atoms with Crippen LogP contribution in [0.1, 0.15) is 69.0 Å². The number of carbonyl (C=O) groups is 7. The van der Waals surface area contributed by atoms with Crippen molar-refractivity contribution in [3.05, 3.63) is 71.3 Å². The Morgan fingerprint density at radius 2 is 1.46 bits per heavy atom. The average molecular weight is 999 g/mol. The zero-order valence-corrected chi connectivity index (χ0v) is 40.0. The van der Waals surface area contributed by atoms with E-state index in [1.165, 1.54) is 20.2 Å². The van der Waals surface area contributed by atoms with Crippen LogP contribution in [0, 0.1) is 0 Å². The summed E-state index contributed by atoms with van der Waals surface area (Å²) in [4.78, 5) is 92.8. The number of primary amides is 1. The third kappa shape index (κ3) is 12.9. The highest BCUT2D eigenvalue weighted by Crippen LogP contribution is 2.48. The Bertz CT molecular complexity index is 2620. The topological polar surface area (TPSA) is 321 Å². The molecule has 2 aromatic heterocycles. The second-order valence-corrected chi connectivity index (χ2v) is 16.6. The number of para-hydroxylation sites is 1. The fourth-order valence-corrected chi connectivity index (χ4v) is 7.93. The zero-order chi connectivity index (χ0) is 51.0. The summed E-state index contributed by atoms with van der Waals surface area (Å²) in [5.41, 5.74) is 7.34. The van der Waals surface area contributed by atoms with E-state index in [2.05, 4.69) is 46.9 Å². The molecule has 1 atom stereocenters. The maximum atomic E-state index is 13.2. The van der Waals surface area contributed by atoms with Gasteiger partial charge in [0, 0.05) is 38.7 Å². The smallest absolute Gasteiger partial charge is 0.273 e. The molecular formula is C47H58N12O13. The van der Waals surface area contributed by atoms with E-state index in [-0.39, 0.29) is 48.6 Å². The predicted octanol–water partition coefficient (Wildman–Crippen LogP) is 0.466. The molecule has 0 spiro atoms. The Morgan fingerprint density at radius 1 is 0.806 bits per heavy atom. The number of methoxy groups -OCH3 is 1. The number of imide groups is 2. The molecular weight excluding hydrogens is 941 g/mol.